The molecular formula is C24H28ClN5O3. The number of amides is 1. The molecule has 1 aromatic carbocycles. The zero-order valence-electron chi connectivity index (χ0n) is 18.4. The molecular weight excluding hydrogens is 442 g/mol. The third-order valence-electron chi connectivity index (χ3n) is 6.66. The summed E-state index contributed by atoms with van der Waals surface area (Å²) < 4.78 is 6.12. The lowest BCUT2D eigenvalue weighted by Crippen LogP contribution is -2.36. The van der Waals surface area contributed by atoms with Gasteiger partial charge in [0.1, 0.15) is 11.8 Å². The maximum atomic E-state index is 11.7. The van der Waals surface area contributed by atoms with E-state index in [9.17, 15) is 9.90 Å². The first-order chi connectivity index (χ1) is 16.0. The molecule has 1 aliphatic carbocycles. The van der Waals surface area contributed by atoms with Gasteiger partial charge in [-0.05, 0) is 56.6 Å². The van der Waals surface area contributed by atoms with Gasteiger partial charge in [-0.3, -0.25) is 4.79 Å². The van der Waals surface area contributed by atoms with Gasteiger partial charge < -0.3 is 20.5 Å². The minimum atomic E-state index is -0.628. The number of nitrogens with two attached hydrogens (primary N) is 1. The van der Waals surface area contributed by atoms with Crippen molar-refractivity contribution >= 4 is 23.2 Å². The van der Waals surface area contributed by atoms with E-state index in [4.69, 9.17) is 27.3 Å². The number of aromatic nitrogens is 2. The van der Waals surface area contributed by atoms with E-state index in [2.05, 4.69) is 20.9 Å². The molecule has 1 saturated heterocycles. The highest BCUT2D eigenvalue weighted by Gasteiger charge is 2.30. The Kier molecular flexibility index (Phi) is 7.31. The van der Waals surface area contributed by atoms with Crippen LogP contribution in [-0.2, 0) is 0 Å². The lowest BCUT2D eigenvalue weighted by Gasteiger charge is -2.36. The summed E-state index contributed by atoms with van der Waals surface area (Å²) in [6.45, 7) is 1.87. The number of piperidine rings is 1. The first-order valence-electron chi connectivity index (χ1n) is 11.4. The zero-order chi connectivity index (χ0) is 23.4. The van der Waals surface area contributed by atoms with E-state index in [1.165, 1.54) is 0 Å². The largest absolute Gasteiger partial charge is 0.490 e. The Labute approximate surface area is 198 Å². The summed E-state index contributed by atoms with van der Waals surface area (Å²) in [6, 6.07) is 7.18. The van der Waals surface area contributed by atoms with Crippen LogP contribution in [0.4, 0.5) is 5.69 Å². The Morgan fingerprint density at radius 1 is 1.24 bits per heavy atom. The van der Waals surface area contributed by atoms with Gasteiger partial charge in [-0.25, -0.2) is 9.97 Å². The van der Waals surface area contributed by atoms with Gasteiger partial charge in [0.2, 0.25) is 5.82 Å². The molecule has 0 unspecified atom stereocenters. The zero-order valence-corrected chi connectivity index (χ0v) is 19.2. The molecule has 2 aromatic rings. The number of hydrogen-bond acceptors (Lipinski definition) is 7. The van der Waals surface area contributed by atoms with Gasteiger partial charge in [0.25, 0.3) is 5.91 Å². The number of nitriles is 1. The SMILES string of the molecule is N#Cc1ccc(OC2CCC(c3nc(C(N)=O)ncc3N3CCC(CO)CC3)CC2)cc1Cl. The van der Waals surface area contributed by atoms with Gasteiger partial charge in [-0.15, -0.1) is 0 Å². The van der Waals surface area contributed by atoms with Crippen LogP contribution in [-0.4, -0.2) is 46.8 Å². The van der Waals surface area contributed by atoms with E-state index in [1.54, 1.807) is 24.4 Å². The second kappa shape index (κ2) is 10.4. The molecule has 2 heterocycles. The van der Waals surface area contributed by atoms with E-state index < -0.39 is 5.91 Å². The van der Waals surface area contributed by atoms with Crippen molar-refractivity contribution in [2.24, 2.45) is 11.7 Å². The van der Waals surface area contributed by atoms with Crippen molar-refractivity contribution < 1.29 is 14.6 Å². The first kappa shape index (κ1) is 23.3. The number of hydrogen-bond donors (Lipinski definition) is 2. The van der Waals surface area contributed by atoms with Crippen LogP contribution >= 0.6 is 11.6 Å². The van der Waals surface area contributed by atoms with Crippen molar-refractivity contribution in [1.29, 1.82) is 5.26 Å². The quantitative estimate of drug-likeness (QED) is 0.663. The number of halogens is 1. The molecule has 0 spiro atoms. The van der Waals surface area contributed by atoms with E-state index in [0.29, 0.717) is 22.3 Å². The summed E-state index contributed by atoms with van der Waals surface area (Å²) in [5, 5.41) is 18.9. The standard InChI is InChI=1S/C24H28ClN5O3/c25-20-11-19(6-3-17(20)12-26)33-18-4-1-16(2-5-18)22-21(13-28-24(29-22)23(27)32)30-9-7-15(14-31)8-10-30/h3,6,11,13,15-16,18,31H,1-2,4-5,7-10,14H2,(H2,27,32). The number of aliphatic hydroxyl groups excluding tert-OH is 1. The fourth-order valence-electron chi connectivity index (χ4n) is 4.71. The number of nitrogens with zero attached hydrogens (tertiary/aromatic N) is 4. The van der Waals surface area contributed by atoms with Crippen LogP contribution < -0.4 is 15.4 Å². The Hall–Kier alpha value is -2.89. The number of ether oxygens (including phenoxy) is 1. The number of carbonyl (C=O) groups is 1. The summed E-state index contributed by atoms with van der Waals surface area (Å²) in [6.07, 6.45) is 7.01. The van der Waals surface area contributed by atoms with Crippen LogP contribution in [0.2, 0.25) is 5.02 Å². The van der Waals surface area contributed by atoms with Crippen molar-refractivity contribution in [2.75, 3.05) is 24.6 Å². The summed E-state index contributed by atoms with van der Waals surface area (Å²) in [5.41, 5.74) is 7.72. The highest BCUT2D eigenvalue weighted by molar-refractivity contribution is 6.31. The van der Waals surface area contributed by atoms with E-state index in [1.807, 2.05) is 0 Å². The lowest BCUT2D eigenvalue weighted by atomic mass is 9.84. The average molecular weight is 470 g/mol. The molecule has 2 fully saturated rings. The van der Waals surface area contributed by atoms with Crippen LogP contribution in [0.3, 0.4) is 0 Å². The van der Waals surface area contributed by atoms with Gasteiger partial charge in [0, 0.05) is 31.7 Å². The summed E-state index contributed by atoms with van der Waals surface area (Å²) >= 11 is 6.13. The predicted molar refractivity (Wildman–Crippen MR) is 124 cm³/mol. The Morgan fingerprint density at radius 2 is 1.97 bits per heavy atom. The van der Waals surface area contributed by atoms with Gasteiger partial charge in [-0.2, -0.15) is 5.26 Å². The second-order valence-corrected chi connectivity index (χ2v) is 9.19. The predicted octanol–water partition coefficient (Wildman–Crippen LogP) is 3.41. The number of aliphatic hydroxyl groups is 1. The highest BCUT2D eigenvalue weighted by Crippen LogP contribution is 2.39. The molecule has 1 saturated carbocycles. The molecule has 0 bridgehead atoms. The normalized spacial score (nSPS) is 21.4. The van der Waals surface area contributed by atoms with Gasteiger partial charge in [0.15, 0.2) is 0 Å². The average Bonchev–Trinajstić information content (AvgIpc) is 2.84. The smallest absolute Gasteiger partial charge is 0.286 e. The number of benzene rings is 1. The Balaban J connectivity index is 1.46. The Morgan fingerprint density at radius 3 is 2.58 bits per heavy atom. The van der Waals surface area contributed by atoms with Gasteiger partial charge >= 0.3 is 0 Å². The summed E-state index contributed by atoms with van der Waals surface area (Å²) in [4.78, 5) is 22.8. The molecule has 8 nitrogen and oxygen atoms in total. The van der Waals surface area contributed by atoms with Crippen LogP contribution in [0.15, 0.2) is 24.4 Å². The maximum absolute atomic E-state index is 11.7. The topological polar surface area (TPSA) is 125 Å². The van der Waals surface area contributed by atoms with Gasteiger partial charge in [0.05, 0.1) is 34.3 Å². The molecule has 33 heavy (non-hydrogen) atoms. The minimum absolute atomic E-state index is 0.0459. The molecule has 1 amide bonds. The molecule has 0 radical (unpaired) electrons. The number of primary amides is 1. The van der Waals surface area contributed by atoms with Crippen LogP contribution in [0.5, 0.6) is 5.75 Å². The van der Waals surface area contributed by atoms with Crippen LogP contribution in [0.25, 0.3) is 0 Å². The van der Waals surface area contributed by atoms with E-state index in [0.717, 1.165) is 63.0 Å². The molecule has 4 rings (SSSR count). The first-order valence-corrected chi connectivity index (χ1v) is 11.7. The van der Waals surface area contributed by atoms with Crippen molar-refractivity contribution in [3.63, 3.8) is 0 Å². The van der Waals surface area contributed by atoms with Crippen LogP contribution in [0, 0.1) is 17.2 Å². The van der Waals surface area contributed by atoms with E-state index >= 15 is 0 Å². The summed E-state index contributed by atoms with van der Waals surface area (Å²) in [5.74, 6) is 0.592. The molecule has 1 aromatic heterocycles. The number of anilines is 1. The van der Waals surface area contributed by atoms with Gasteiger partial charge in [-0.1, -0.05) is 11.6 Å². The fraction of sp³-hybridized carbons (Fsp3) is 0.500. The molecule has 1 aliphatic heterocycles. The molecule has 2 aliphatic rings. The minimum Gasteiger partial charge on any atom is -0.490 e. The fourth-order valence-corrected chi connectivity index (χ4v) is 4.93. The highest BCUT2D eigenvalue weighted by atomic mass is 35.5. The molecule has 3 N–H and O–H groups in total. The van der Waals surface area contributed by atoms with Crippen molar-refractivity contribution in [2.45, 2.75) is 50.5 Å². The van der Waals surface area contributed by atoms with E-state index in [-0.39, 0.29) is 24.5 Å². The van der Waals surface area contributed by atoms with Crippen molar-refractivity contribution in [1.82, 2.24) is 9.97 Å². The molecule has 0 atom stereocenters. The summed E-state index contributed by atoms with van der Waals surface area (Å²) in [7, 11) is 0. The van der Waals surface area contributed by atoms with Crippen molar-refractivity contribution in [3.8, 4) is 11.8 Å². The molecule has 9 heteroatoms. The lowest BCUT2D eigenvalue weighted by molar-refractivity contribution is 0.0989. The molecule has 174 valence electrons. The van der Waals surface area contributed by atoms with Crippen molar-refractivity contribution in [3.05, 3.63) is 46.5 Å². The monoisotopic (exact) mass is 469 g/mol. The second-order valence-electron chi connectivity index (χ2n) is 8.79. The third-order valence-corrected chi connectivity index (χ3v) is 6.97. The Bertz CT molecular complexity index is 1040. The number of carbonyl (C=O) groups excluding carboxylic acids is 1. The third kappa shape index (κ3) is 5.37. The number of rotatable bonds is 6. The van der Waals surface area contributed by atoms with Crippen LogP contribution in [0.1, 0.15) is 66.3 Å². The maximum Gasteiger partial charge on any atom is 0.286 e.